The number of quaternary nitrogens is 1. The van der Waals surface area contributed by atoms with Crippen LogP contribution in [0.2, 0.25) is 0 Å². The topological polar surface area (TPSA) is 35.5 Å². The van der Waals surface area contributed by atoms with Crippen molar-refractivity contribution in [2.75, 3.05) is 12.1 Å². The summed E-state index contributed by atoms with van der Waals surface area (Å²) in [5, 5.41) is 16.4. The Morgan fingerprint density at radius 1 is 0.871 bits per heavy atom. The molecule has 1 unspecified atom stereocenters. The van der Waals surface area contributed by atoms with E-state index in [9.17, 15) is 5.21 Å². The molecule has 0 saturated carbocycles. The lowest BCUT2D eigenvalue weighted by Crippen LogP contribution is -2.50. The lowest BCUT2D eigenvalue weighted by atomic mass is 9.98. The molecule has 1 aliphatic rings. The quantitative estimate of drug-likeness (QED) is 0.232. The molecule has 5 heteroatoms. The molecule has 4 aromatic rings. The number of methoxy groups -OCH3 is 1. The van der Waals surface area contributed by atoms with Crippen molar-refractivity contribution in [1.29, 1.82) is 0 Å². The minimum atomic E-state index is -0.604. The number of benzene rings is 4. The fourth-order valence-corrected chi connectivity index (χ4v) is 4.69. The van der Waals surface area contributed by atoms with Crippen molar-refractivity contribution in [2.24, 2.45) is 0 Å². The number of nitrogens with zero attached hydrogens (tertiary/aromatic N) is 2. The highest BCUT2D eigenvalue weighted by atomic mass is 79.9. The molecule has 0 amide bonds. The Morgan fingerprint density at radius 2 is 1.58 bits per heavy atom. The van der Waals surface area contributed by atoms with Gasteiger partial charge >= 0.3 is 0 Å². The summed E-state index contributed by atoms with van der Waals surface area (Å²) in [6.45, 7) is 0.300. The van der Waals surface area contributed by atoms with Gasteiger partial charge in [0.25, 0.3) is 0 Å². The standard InChI is InChI=1S/C26H21BrN2O2/c1-31-23-14-8-9-19(15-23)24-16-20(27)17-26-25(24)18-29(30,22-12-6-3-7-13-22)28(26)21-10-4-2-5-11-21/h2-17H,18H2,1H3. The number of ether oxygens (including phenoxy) is 1. The molecule has 0 bridgehead atoms. The smallest absolute Gasteiger partial charge is 0.158 e. The van der Waals surface area contributed by atoms with Crippen molar-refractivity contribution in [1.82, 2.24) is 4.76 Å². The number of hydrogen-bond acceptors (Lipinski definition) is 3. The molecule has 4 aromatic carbocycles. The van der Waals surface area contributed by atoms with Gasteiger partial charge in [-0.1, -0.05) is 64.5 Å². The molecule has 0 aliphatic carbocycles. The molecule has 4 nitrogen and oxygen atoms in total. The molecule has 1 atom stereocenters. The van der Waals surface area contributed by atoms with Crippen molar-refractivity contribution in [2.45, 2.75) is 6.54 Å². The lowest BCUT2D eigenvalue weighted by molar-refractivity contribution is 0.399. The Morgan fingerprint density at radius 3 is 2.29 bits per heavy atom. The summed E-state index contributed by atoms with van der Waals surface area (Å²) in [6.07, 6.45) is 0. The van der Waals surface area contributed by atoms with Crippen molar-refractivity contribution >= 4 is 33.0 Å². The van der Waals surface area contributed by atoms with Crippen LogP contribution >= 0.6 is 15.9 Å². The van der Waals surface area contributed by atoms with E-state index < -0.39 is 4.76 Å². The van der Waals surface area contributed by atoms with E-state index in [1.165, 1.54) is 0 Å². The molecular formula is C26H21BrN2O2. The Hall–Kier alpha value is -3.12. The lowest BCUT2D eigenvalue weighted by Gasteiger charge is -2.44. The van der Waals surface area contributed by atoms with Crippen molar-refractivity contribution in [3.63, 3.8) is 0 Å². The van der Waals surface area contributed by atoms with Gasteiger partial charge in [0.15, 0.2) is 5.69 Å². The number of hydroxylamine groups is 1. The minimum absolute atomic E-state index is 0.300. The third-order valence-corrected chi connectivity index (χ3v) is 6.11. The third-order valence-electron chi connectivity index (χ3n) is 5.66. The number of rotatable bonds is 4. The van der Waals surface area contributed by atoms with Crippen LogP contribution in [0.3, 0.4) is 0 Å². The predicted octanol–water partition coefficient (Wildman–Crippen LogP) is 7.20. The molecule has 0 N–H and O–H groups in total. The molecular weight excluding hydrogens is 452 g/mol. The van der Waals surface area contributed by atoms with E-state index >= 15 is 0 Å². The first kappa shape index (κ1) is 19.8. The summed E-state index contributed by atoms with van der Waals surface area (Å²) < 4.78 is 5.76. The van der Waals surface area contributed by atoms with Crippen LogP contribution < -0.4 is 14.5 Å². The molecule has 5 rings (SSSR count). The van der Waals surface area contributed by atoms with Crippen LogP contribution in [0.4, 0.5) is 17.1 Å². The van der Waals surface area contributed by atoms with Crippen molar-refractivity contribution in [3.8, 4) is 16.9 Å². The first-order valence-electron chi connectivity index (χ1n) is 10.1. The largest absolute Gasteiger partial charge is 0.600 e. The number of hydrogen-bond donors (Lipinski definition) is 0. The average Bonchev–Trinajstić information content (AvgIpc) is 3.12. The summed E-state index contributed by atoms with van der Waals surface area (Å²) in [5.41, 5.74) is 5.50. The van der Waals surface area contributed by atoms with Gasteiger partial charge in [0.1, 0.15) is 18.0 Å². The first-order chi connectivity index (χ1) is 15.1. The van der Waals surface area contributed by atoms with E-state index in [1.807, 2.05) is 89.9 Å². The maximum Gasteiger partial charge on any atom is 0.158 e. The maximum atomic E-state index is 14.5. The highest BCUT2D eigenvalue weighted by Gasteiger charge is 2.42. The van der Waals surface area contributed by atoms with Gasteiger partial charge in [-0.2, -0.15) is 5.01 Å². The van der Waals surface area contributed by atoms with Crippen LogP contribution in [-0.2, 0) is 6.54 Å². The van der Waals surface area contributed by atoms with Crippen molar-refractivity contribution < 1.29 is 4.74 Å². The molecule has 1 aliphatic heterocycles. The summed E-state index contributed by atoms with van der Waals surface area (Å²) in [7, 11) is 1.66. The van der Waals surface area contributed by atoms with E-state index in [4.69, 9.17) is 4.74 Å². The van der Waals surface area contributed by atoms with Crippen LogP contribution in [0, 0.1) is 5.21 Å². The van der Waals surface area contributed by atoms with Gasteiger partial charge < -0.3 is 9.94 Å². The summed E-state index contributed by atoms with van der Waals surface area (Å²) in [5.74, 6) is 0.787. The fraction of sp³-hybridized carbons (Fsp3) is 0.0769. The Labute approximate surface area is 190 Å². The van der Waals surface area contributed by atoms with Gasteiger partial charge in [0, 0.05) is 22.2 Å². The summed E-state index contributed by atoms with van der Waals surface area (Å²) in [6, 6.07) is 31.5. The number of halogens is 1. The Balaban J connectivity index is 1.76. The van der Waals surface area contributed by atoms with Gasteiger partial charge in [-0.25, -0.2) is 4.76 Å². The van der Waals surface area contributed by atoms with Gasteiger partial charge in [0.05, 0.1) is 12.8 Å². The van der Waals surface area contributed by atoms with Crippen LogP contribution in [-0.4, -0.2) is 7.11 Å². The van der Waals surface area contributed by atoms with E-state index in [0.29, 0.717) is 12.2 Å². The zero-order valence-electron chi connectivity index (χ0n) is 17.0. The van der Waals surface area contributed by atoms with E-state index in [2.05, 4.69) is 28.1 Å². The van der Waals surface area contributed by atoms with E-state index in [0.717, 1.165) is 38.3 Å². The number of para-hydroxylation sites is 2. The molecule has 154 valence electrons. The summed E-state index contributed by atoms with van der Waals surface area (Å²) in [4.78, 5) is 0. The molecule has 0 saturated heterocycles. The van der Waals surface area contributed by atoms with Crippen LogP contribution in [0.5, 0.6) is 5.75 Å². The first-order valence-corrected chi connectivity index (χ1v) is 10.9. The van der Waals surface area contributed by atoms with Gasteiger partial charge in [-0.05, 0) is 47.5 Å². The van der Waals surface area contributed by atoms with Crippen LogP contribution in [0.25, 0.3) is 11.1 Å². The fourth-order valence-electron chi connectivity index (χ4n) is 4.25. The maximum absolute atomic E-state index is 14.5. The second-order valence-corrected chi connectivity index (χ2v) is 8.44. The Kier molecular flexibility index (Phi) is 5.02. The zero-order chi connectivity index (χ0) is 21.4. The van der Waals surface area contributed by atoms with Gasteiger partial charge in [-0.15, -0.1) is 0 Å². The predicted molar refractivity (Wildman–Crippen MR) is 130 cm³/mol. The number of anilines is 2. The second kappa shape index (κ2) is 7.85. The Bertz CT molecular complexity index is 1230. The normalized spacial score (nSPS) is 17.5. The van der Waals surface area contributed by atoms with Gasteiger partial charge in [-0.3, -0.25) is 0 Å². The SMILES string of the molecule is COc1cccc(-c2cc(Br)cc3c2C[N+]([O-])(c2ccccc2)N3c2ccccc2)c1. The van der Waals surface area contributed by atoms with Crippen LogP contribution in [0.1, 0.15) is 5.56 Å². The monoisotopic (exact) mass is 472 g/mol. The average molecular weight is 473 g/mol. The highest BCUT2D eigenvalue weighted by Crippen LogP contribution is 2.49. The minimum Gasteiger partial charge on any atom is -0.600 e. The third kappa shape index (κ3) is 3.41. The molecule has 31 heavy (non-hydrogen) atoms. The van der Waals surface area contributed by atoms with Crippen LogP contribution in [0.15, 0.2) is 102 Å². The molecule has 0 fully saturated rings. The summed E-state index contributed by atoms with van der Waals surface area (Å²) >= 11 is 3.68. The molecule has 1 heterocycles. The van der Waals surface area contributed by atoms with E-state index in [-0.39, 0.29) is 0 Å². The molecule has 0 radical (unpaired) electrons. The highest BCUT2D eigenvalue weighted by molar-refractivity contribution is 9.10. The van der Waals surface area contributed by atoms with Crippen molar-refractivity contribution in [3.05, 3.63) is 112 Å². The zero-order valence-corrected chi connectivity index (χ0v) is 18.6. The molecule has 0 spiro atoms. The molecule has 0 aromatic heterocycles. The second-order valence-electron chi connectivity index (χ2n) is 7.53. The number of fused-ring (bicyclic) bond motifs is 1. The van der Waals surface area contributed by atoms with Gasteiger partial charge in [0.2, 0.25) is 0 Å². The van der Waals surface area contributed by atoms with E-state index in [1.54, 1.807) is 7.11 Å².